The largest absolute Gasteiger partial charge is 0.389 e. The van der Waals surface area contributed by atoms with Gasteiger partial charge in [0.05, 0.1) is 17.6 Å². The zero-order valence-corrected chi connectivity index (χ0v) is 20.9. The molecule has 1 aliphatic rings. The maximum Gasteiger partial charge on any atom is 0.335 e. The zero-order valence-electron chi connectivity index (χ0n) is 19.1. The van der Waals surface area contributed by atoms with Crippen molar-refractivity contribution in [3.05, 3.63) is 83.9 Å². The number of aliphatic hydroxyl groups excluding tert-OH is 1. The number of hydrogen-bond acceptors (Lipinski definition) is 4. The second-order valence-electron chi connectivity index (χ2n) is 8.46. The minimum atomic E-state index is -3.98. The number of nitrogens with zero attached hydrogens (tertiary/aromatic N) is 2. The van der Waals surface area contributed by atoms with Crippen molar-refractivity contribution < 1.29 is 24.3 Å². The number of urea groups is 1. The van der Waals surface area contributed by atoms with Crippen molar-refractivity contribution in [2.24, 2.45) is 0 Å². The number of carbonyl (C=O) groups is 1. The fraction of sp³-hybridized carbons (Fsp3) is 0.400. The molecule has 0 radical (unpaired) electrons. The summed E-state index contributed by atoms with van der Waals surface area (Å²) < 4.78 is 11.0. The average molecular weight is 505 g/mol. The summed E-state index contributed by atoms with van der Waals surface area (Å²) in [6.07, 6.45) is 5.10. The number of carbonyl (C=O) groups excluding carboxylic acids is 1. The number of aliphatic hydroxyl groups is 1. The molecule has 9 heteroatoms. The molecule has 1 unspecified atom stereocenters. The SMILES string of the molecule is O=C1N(Cc2ccccc2)C[C@H](C=CC(O)Cc2ccccc2)N1CCCCSCP(=O)(O)O. The summed E-state index contributed by atoms with van der Waals surface area (Å²) in [7, 11) is -3.98. The van der Waals surface area contributed by atoms with Crippen molar-refractivity contribution in [3.63, 3.8) is 0 Å². The van der Waals surface area contributed by atoms with Crippen molar-refractivity contribution in [2.75, 3.05) is 24.3 Å². The number of hydrogen-bond donors (Lipinski definition) is 3. The molecule has 1 aliphatic heterocycles. The van der Waals surface area contributed by atoms with Gasteiger partial charge in [0.1, 0.15) is 0 Å². The van der Waals surface area contributed by atoms with Crippen molar-refractivity contribution in [1.29, 1.82) is 0 Å². The first-order valence-electron chi connectivity index (χ1n) is 11.4. The molecule has 0 aromatic heterocycles. The molecule has 7 nitrogen and oxygen atoms in total. The topological polar surface area (TPSA) is 101 Å². The van der Waals surface area contributed by atoms with Crippen molar-refractivity contribution in [2.45, 2.75) is 38.0 Å². The molecule has 1 fully saturated rings. The number of benzene rings is 2. The van der Waals surface area contributed by atoms with Gasteiger partial charge in [-0.15, -0.1) is 11.8 Å². The lowest BCUT2D eigenvalue weighted by Gasteiger charge is -2.21. The Bertz CT molecular complexity index is 970. The van der Waals surface area contributed by atoms with Crippen LogP contribution in [0, 0.1) is 0 Å². The normalized spacial score (nSPS) is 17.6. The van der Waals surface area contributed by atoms with Gasteiger partial charge in [-0.25, -0.2) is 4.79 Å². The van der Waals surface area contributed by atoms with E-state index in [1.165, 1.54) is 11.8 Å². The maximum atomic E-state index is 13.2. The van der Waals surface area contributed by atoms with E-state index >= 15 is 0 Å². The van der Waals surface area contributed by atoms with Crippen molar-refractivity contribution in [1.82, 2.24) is 9.80 Å². The Kier molecular flexibility index (Phi) is 10.2. The fourth-order valence-corrected chi connectivity index (χ4v) is 5.81. The van der Waals surface area contributed by atoms with E-state index in [1.807, 2.05) is 76.5 Å². The number of amides is 2. The summed E-state index contributed by atoms with van der Waals surface area (Å²) in [6, 6.07) is 19.5. The molecule has 184 valence electrons. The van der Waals surface area contributed by atoms with Crippen LogP contribution in [-0.2, 0) is 17.5 Å². The van der Waals surface area contributed by atoms with Gasteiger partial charge >= 0.3 is 13.6 Å². The molecule has 2 atom stereocenters. The van der Waals surface area contributed by atoms with Gasteiger partial charge in [-0.3, -0.25) is 4.57 Å². The van der Waals surface area contributed by atoms with Gasteiger partial charge < -0.3 is 24.7 Å². The molecular formula is C25H33N2O5PS. The van der Waals surface area contributed by atoms with Gasteiger partial charge in [0, 0.05) is 26.1 Å². The highest BCUT2D eigenvalue weighted by Gasteiger charge is 2.35. The first-order chi connectivity index (χ1) is 16.3. The molecule has 0 saturated carbocycles. The van der Waals surface area contributed by atoms with E-state index < -0.39 is 13.7 Å². The van der Waals surface area contributed by atoms with E-state index in [4.69, 9.17) is 9.79 Å². The monoisotopic (exact) mass is 504 g/mol. The smallest absolute Gasteiger partial charge is 0.335 e. The summed E-state index contributed by atoms with van der Waals surface area (Å²) >= 11 is 1.24. The lowest BCUT2D eigenvalue weighted by molar-refractivity contribution is 0.187. The molecule has 34 heavy (non-hydrogen) atoms. The van der Waals surface area contributed by atoms with Crippen LogP contribution in [0.25, 0.3) is 0 Å². The van der Waals surface area contributed by atoms with Crippen LogP contribution in [0.5, 0.6) is 0 Å². The molecular weight excluding hydrogens is 471 g/mol. The van der Waals surface area contributed by atoms with E-state index in [0.29, 0.717) is 31.8 Å². The minimum Gasteiger partial charge on any atom is -0.389 e. The Balaban J connectivity index is 1.58. The quantitative estimate of drug-likeness (QED) is 0.216. The Morgan fingerprint density at radius 1 is 1.03 bits per heavy atom. The highest BCUT2D eigenvalue weighted by molar-refractivity contribution is 8.04. The minimum absolute atomic E-state index is 0.0288. The van der Waals surface area contributed by atoms with Crippen LogP contribution >= 0.6 is 19.4 Å². The van der Waals surface area contributed by atoms with Crippen molar-refractivity contribution in [3.8, 4) is 0 Å². The van der Waals surface area contributed by atoms with Crippen LogP contribution in [0.15, 0.2) is 72.8 Å². The lowest BCUT2D eigenvalue weighted by atomic mass is 10.1. The van der Waals surface area contributed by atoms with Gasteiger partial charge in [0.15, 0.2) is 0 Å². The van der Waals surface area contributed by atoms with Crippen LogP contribution < -0.4 is 0 Å². The van der Waals surface area contributed by atoms with Gasteiger partial charge in [0.2, 0.25) is 0 Å². The van der Waals surface area contributed by atoms with Crippen LogP contribution in [-0.4, -0.2) is 67.2 Å². The van der Waals surface area contributed by atoms with E-state index in [2.05, 4.69) is 0 Å². The van der Waals surface area contributed by atoms with Gasteiger partial charge in [-0.2, -0.15) is 0 Å². The van der Waals surface area contributed by atoms with Crippen LogP contribution in [0.2, 0.25) is 0 Å². The Morgan fingerprint density at radius 3 is 2.32 bits per heavy atom. The molecule has 1 heterocycles. The van der Waals surface area contributed by atoms with Gasteiger partial charge in [-0.1, -0.05) is 72.8 Å². The Labute approximate surface area is 205 Å². The van der Waals surface area contributed by atoms with E-state index in [1.54, 1.807) is 6.08 Å². The molecule has 0 aliphatic carbocycles. The molecule has 0 bridgehead atoms. The summed E-state index contributed by atoms with van der Waals surface area (Å²) in [5.74, 6) is 0.636. The Morgan fingerprint density at radius 2 is 1.68 bits per heavy atom. The third-order valence-electron chi connectivity index (χ3n) is 5.58. The predicted molar refractivity (Wildman–Crippen MR) is 137 cm³/mol. The molecule has 3 N–H and O–H groups in total. The molecule has 2 amide bonds. The maximum absolute atomic E-state index is 13.2. The Hall–Kier alpha value is -2.09. The second-order valence-corrected chi connectivity index (χ2v) is 11.6. The second kappa shape index (κ2) is 13.1. The van der Waals surface area contributed by atoms with Crippen LogP contribution in [0.4, 0.5) is 4.79 Å². The average Bonchev–Trinajstić information content (AvgIpc) is 3.09. The van der Waals surface area contributed by atoms with Crippen LogP contribution in [0.1, 0.15) is 24.0 Å². The molecule has 0 spiro atoms. The third kappa shape index (κ3) is 8.93. The summed E-state index contributed by atoms with van der Waals surface area (Å²) in [5.41, 5.74) is 1.95. The van der Waals surface area contributed by atoms with E-state index in [-0.39, 0.29) is 17.6 Å². The number of unbranched alkanes of at least 4 members (excludes halogenated alkanes) is 1. The standard InChI is InChI=1S/C25H33N2O5PS/c28-24(17-21-9-3-1-4-10-21)14-13-23-19-26(18-22-11-5-2-6-12-22)25(29)27(23)15-7-8-16-34-20-33(30,31)32/h1-6,9-14,23-24,28H,7-8,15-20H2,(H2,30,31,32)/t23-,24?/m0/s1. The fourth-order valence-electron chi connectivity index (χ4n) is 3.94. The number of thioether (sulfide) groups is 1. The molecule has 2 aromatic rings. The highest BCUT2D eigenvalue weighted by atomic mass is 32.2. The highest BCUT2D eigenvalue weighted by Crippen LogP contribution is 2.38. The summed E-state index contributed by atoms with van der Waals surface area (Å²) in [5, 5.41) is 10.5. The number of rotatable bonds is 13. The van der Waals surface area contributed by atoms with E-state index in [9.17, 15) is 14.5 Å². The predicted octanol–water partition coefficient (Wildman–Crippen LogP) is 4.10. The lowest BCUT2D eigenvalue weighted by Crippen LogP contribution is -2.35. The molecule has 1 saturated heterocycles. The van der Waals surface area contributed by atoms with Gasteiger partial charge in [-0.05, 0) is 29.7 Å². The third-order valence-corrected chi connectivity index (χ3v) is 8.23. The summed E-state index contributed by atoms with van der Waals surface area (Å²) in [6.45, 7) is 1.64. The summed E-state index contributed by atoms with van der Waals surface area (Å²) in [4.78, 5) is 34.8. The molecule has 3 rings (SSSR count). The van der Waals surface area contributed by atoms with E-state index in [0.717, 1.165) is 24.0 Å². The molecule has 2 aromatic carbocycles. The van der Waals surface area contributed by atoms with Gasteiger partial charge in [0.25, 0.3) is 0 Å². The first kappa shape index (κ1) is 26.5. The first-order valence-corrected chi connectivity index (χ1v) is 14.4. The zero-order chi connectivity index (χ0) is 24.4. The van der Waals surface area contributed by atoms with Crippen molar-refractivity contribution >= 4 is 25.4 Å². The van der Waals surface area contributed by atoms with Crippen LogP contribution in [0.3, 0.4) is 0 Å².